The maximum absolute atomic E-state index is 11.0. The van der Waals surface area contributed by atoms with Gasteiger partial charge in [-0.2, -0.15) is 0 Å². The van der Waals surface area contributed by atoms with Crippen LogP contribution in [0.25, 0.3) is 0 Å². The van der Waals surface area contributed by atoms with E-state index in [4.69, 9.17) is 14.2 Å². The largest absolute Gasteiger partial charge is 0.463 e. The predicted octanol–water partition coefficient (Wildman–Crippen LogP) is 1.87. The van der Waals surface area contributed by atoms with Gasteiger partial charge in [-0.25, -0.2) is 0 Å². The van der Waals surface area contributed by atoms with Gasteiger partial charge in [0.2, 0.25) is 0 Å². The van der Waals surface area contributed by atoms with Gasteiger partial charge in [0.15, 0.2) is 0 Å². The predicted molar refractivity (Wildman–Crippen MR) is 68.1 cm³/mol. The smallest absolute Gasteiger partial charge is 0.303 e. The third kappa shape index (κ3) is 3.95. The van der Waals surface area contributed by atoms with Gasteiger partial charge in [0.05, 0.1) is 6.10 Å². The van der Waals surface area contributed by atoms with Gasteiger partial charge in [0.25, 0.3) is 0 Å². The first kappa shape index (κ1) is 15.4. The van der Waals surface area contributed by atoms with E-state index in [0.29, 0.717) is 0 Å². The molecule has 1 aliphatic rings. The van der Waals surface area contributed by atoms with Crippen LogP contribution in [0.4, 0.5) is 0 Å². The van der Waals surface area contributed by atoms with Crippen molar-refractivity contribution < 1.29 is 23.8 Å². The summed E-state index contributed by atoms with van der Waals surface area (Å²) >= 11 is 3.36. The molecule has 0 aromatic carbocycles. The number of rotatable bonds is 3. The highest BCUT2D eigenvalue weighted by Gasteiger charge is 2.42. The van der Waals surface area contributed by atoms with Gasteiger partial charge in [0.1, 0.15) is 17.7 Å². The highest BCUT2D eigenvalue weighted by atomic mass is 79.9. The molecule has 0 amide bonds. The average Bonchev–Trinajstić information content (AvgIpc) is 2.27. The Bertz CT molecular complexity index is 318. The molecule has 1 rings (SSSR count). The summed E-state index contributed by atoms with van der Waals surface area (Å²) in [5.41, 5.74) is 0. The number of ether oxygens (including phenoxy) is 3. The number of esters is 2. The van der Waals surface area contributed by atoms with E-state index in [1.807, 2.05) is 13.8 Å². The fraction of sp³-hybridized carbons (Fsp3) is 0.833. The zero-order chi connectivity index (χ0) is 13.9. The summed E-state index contributed by atoms with van der Waals surface area (Å²) in [6.45, 7) is 6.95. The van der Waals surface area contributed by atoms with Crippen molar-refractivity contribution in [3.05, 3.63) is 0 Å². The average molecular weight is 323 g/mol. The van der Waals surface area contributed by atoms with Crippen LogP contribution in [0, 0.1) is 11.8 Å². The Morgan fingerprint density at radius 1 is 1.17 bits per heavy atom. The molecule has 1 fully saturated rings. The van der Waals surface area contributed by atoms with Crippen molar-refractivity contribution in [3.63, 3.8) is 0 Å². The monoisotopic (exact) mass is 322 g/mol. The normalized spacial score (nSPS) is 35.9. The van der Waals surface area contributed by atoms with Crippen LogP contribution in [0.3, 0.4) is 0 Å². The van der Waals surface area contributed by atoms with Crippen molar-refractivity contribution in [2.75, 3.05) is 6.61 Å². The molecule has 0 aromatic rings. The van der Waals surface area contributed by atoms with Crippen molar-refractivity contribution >= 4 is 27.9 Å². The zero-order valence-electron chi connectivity index (χ0n) is 11.0. The molecule has 5 nitrogen and oxygen atoms in total. The third-order valence-corrected chi connectivity index (χ3v) is 3.99. The Hall–Kier alpha value is -0.620. The van der Waals surface area contributed by atoms with E-state index >= 15 is 0 Å². The Balaban J connectivity index is 2.64. The van der Waals surface area contributed by atoms with Crippen molar-refractivity contribution in [2.45, 2.75) is 44.9 Å². The topological polar surface area (TPSA) is 61.8 Å². The molecule has 0 bridgehead atoms. The fourth-order valence-corrected chi connectivity index (χ4v) is 2.85. The highest BCUT2D eigenvalue weighted by molar-refractivity contribution is 9.09. The van der Waals surface area contributed by atoms with Crippen LogP contribution in [0.15, 0.2) is 0 Å². The van der Waals surface area contributed by atoms with E-state index in [1.165, 1.54) is 13.8 Å². The lowest BCUT2D eigenvalue weighted by Gasteiger charge is -2.41. The second-order valence-electron chi connectivity index (χ2n) is 4.62. The maximum Gasteiger partial charge on any atom is 0.303 e. The van der Waals surface area contributed by atoms with Gasteiger partial charge in [-0.1, -0.05) is 29.8 Å². The highest BCUT2D eigenvalue weighted by Crippen LogP contribution is 2.35. The van der Waals surface area contributed by atoms with Gasteiger partial charge in [0, 0.05) is 19.8 Å². The Morgan fingerprint density at radius 2 is 1.78 bits per heavy atom. The SMILES string of the molecule is CC(=O)OCC1OC(Br)C(OC(C)=O)[C@@H](C)[C@@H]1C. The summed E-state index contributed by atoms with van der Waals surface area (Å²) in [5.74, 6) is -0.410. The number of hydrogen-bond donors (Lipinski definition) is 0. The van der Waals surface area contributed by atoms with Gasteiger partial charge in [-0.15, -0.1) is 0 Å². The summed E-state index contributed by atoms with van der Waals surface area (Å²) in [7, 11) is 0. The molecule has 6 heteroatoms. The second-order valence-corrected chi connectivity index (χ2v) is 5.52. The lowest BCUT2D eigenvalue weighted by Crippen LogP contribution is -2.50. The Labute approximate surface area is 115 Å². The first-order chi connectivity index (χ1) is 8.32. The van der Waals surface area contributed by atoms with Crippen LogP contribution in [0.2, 0.25) is 0 Å². The van der Waals surface area contributed by atoms with Crippen LogP contribution in [-0.4, -0.2) is 35.8 Å². The first-order valence-electron chi connectivity index (χ1n) is 5.93. The van der Waals surface area contributed by atoms with E-state index in [0.717, 1.165) is 0 Å². The zero-order valence-corrected chi connectivity index (χ0v) is 12.6. The van der Waals surface area contributed by atoms with Crippen molar-refractivity contribution in [2.24, 2.45) is 11.8 Å². The Morgan fingerprint density at radius 3 is 2.28 bits per heavy atom. The standard InChI is InChI=1S/C12H19BrO5/c1-6-7(2)11(17-9(4)15)12(13)18-10(6)5-16-8(3)14/h6-7,10-12H,5H2,1-4H3/t6-,7-,10?,11?,12?/m0/s1. The van der Waals surface area contributed by atoms with E-state index in [1.54, 1.807) is 0 Å². The molecule has 0 aromatic heterocycles. The second kappa shape index (κ2) is 6.52. The molecule has 3 unspecified atom stereocenters. The first-order valence-corrected chi connectivity index (χ1v) is 6.84. The van der Waals surface area contributed by atoms with Crippen molar-refractivity contribution in [1.82, 2.24) is 0 Å². The molecule has 1 heterocycles. The quantitative estimate of drug-likeness (QED) is 0.586. The fourth-order valence-electron chi connectivity index (χ4n) is 1.99. The molecule has 104 valence electrons. The minimum absolute atomic E-state index is 0.118. The van der Waals surface area contributed by atoms with Gasteiger partial charge >= 0.3 is 11.9 Å². The summed E-state index contributed by atoms with van der Waals surface area (Å²) in [4.78, 5) is 21.8. The minimum atomic E-state index is -0.381. The van der Waals surface area contributed by atoms with E-state index < -0.39 is 0 Å². The molecule has 1 aliphatic heterocycles. The third-order valence-electron chi connectivity index (χ3n) is 3.25. The van der Waals surface area contributed by atoms with Crippen LogP contribution < -0.4 is 0 Å². The molecular weight excluding hydrogens is 304 g/mol. The van der Waals surface area contributed by atoms with E-state index in [-0.39, 0.29) is 47.6 Å². The number of halogens is 1. The number of carbonyl (C=O) groups is 2. The van der Waals surface area contributed by atoms with Crippen LogP contribution in [0.1, 0.15) is 27.7 Å². The molecule has 0 saturated carbocycles. The maximum atomic E-state index is 11.0. The minimum Gasteiger partial charge on any atom is -0.463 e. The van der Waals surface area contributed by atoms with E-state index in [9.17, 15) is 9.59 Å². The number of carbonyl (C=O) groups excluding carboxylic acids is 2. The molecule has 0 N–H and O–H groups in total. The van der Waals surface area contributed by atoms with Gasteiger partial charge < -0.3 is 14.2 Å². The van der Waals surface area contributed by atoms with Crippen LogP contribution in [-0.2, 0) is 23.8 Å². The summed E-state index contributed by atoms with van der Waals surface area (Å²) in [5, 5.41) is -0.381. The van der Waals surface area contributed by atoms with Crippen LogP contribution in [0.5, 0.6) is 0 Å². The molecular formula is C12H19BrO5. The van der Waals surface area contributed by atoms with Crippen LogP contribution >= 0.6 is 15.9 Å². The Kier molecular flexibility index (Phi) is 5.59. The summed E-state index contributed by atoms with van der Waals surface area (Å²) < 4.78 is 15.9. The molecule has 0 radical (unpaired) electrons. The lowest BCUT2D eigenvalue weighted by atomic mass is 9.84. The number of hydrogen-bond acceptors (Lipinski definition) is 5. The van der Waals surface area contributed by atoms with Crippen molar-refractivity contribution in [3.8, 4) is 0 Å². The molecule has 0 aliphatic carbocycles. The molecule has 5 atom stereocenters. The molecule has 0 spiro atoms. The van der Waals surface area contributed by atoms with E-state index in [2.05, 4.69) is 15.9 Å². The van der Waals surface area contributed by atoms with Crippen molar-refractivity contribution in [1.29, 1.82) is 0 Å². The molecule has 1 saturated heterocycles. The summed E-state index contributed by atoms with van der Waals surface area (Å²) in [6, 6.07) is 0. The molecule has 18 heavy (non-hydrogen) atoms. The number of alkyl halides is 1. The lowest BCUT2D eigenvalue weighted by molar-refractivity contribution is -0.183. The van der Waals surface area contributed by atoms with Gasteiger partial charge in [-0.05, 0) is 5.92 Å². The van der Waals surface area contributed by atoms with Gasteiger partial charge in [-0.3, -0.25) is 9.59 Å². The summed E-state index contributed by atoms with van der Waals surface area (Å²) in [6.07, 6.45) is -0.522.